The molecule has 0 amide bonds. The summed E-state index contributed by atoms with van der Waals surface area (Å²) >= 11 is 0. The highest BCUT2D eigenvalue weighted by Crippen LogP contribution is 2.44. The van der Waals surface area contributed by atoms with Crippen LogP contribution in [0.1, 0.15) is 0 Å². The first kappa shape index (κ1) is 18.5. The number of aromatic nitrogens is 1. The van der Waals surface area contributed by atoms with Crippen LogP contribution in [-0.4, -0.2) is 4.98 Å². The van der Waals surface area contributed by atoms with Crippen molar-refractivity contribution in [3.05, 3.63) is 127 Å². The summed E-state index contributed by atoms with van der Waals surface area (Å²) in [6.45, 7) is 0. The van der Waals surface area contributed by atoms with Crippen molar-refractivity contribution in [2.24, 2.45) is 0 Å². The molecular weight excluding hydrogens is 386 g/mol. The van der Waals surface area contributed by atoms with E-state index in [-0.39, 0.29) is 0 Å². The Morgan fingerprint density at radius 2 is 0.906 bits per heavy atom. The van der Waals surface area contributed by atoms with E-state index in [4.69, 9.17) is 4.98 Å². The van der Waals surface area contributed by atoms with E-state index in [9.17, 15) is 0 Å². The average molecular weight is 408 g/mol. The van der Waals surface area contributed by atoms with Crippen molar-refractivity contribution in [1.82, 2.24) is 4.98 Å². The van der Waals surface area contributed by atoms with Gasteiger partial charge in [-0.1, -0.05) is 127 Å². The van der Waals surface area contributed by atoms with Crippen molar-refractivity contribution >= 4 is 21.7 Å². The summed E-state index contributed by atoms with van der Waals surface area (Å²) in [7, 11) is 0. The molecule has 0 unspecified atom stereocenters. The SMILES string of the molecule is c1ccc(-c2nc3c(ccc4ccccc43)c(-c3ccccc3)c2-c2ccccc2)cc1. The standard InChI is InChI=1S/C31H21N/c1-4-13-23(14-5-1)28-27-21-20-22-12-10-11-19-26(22)31(27)32-30(25-17-8-3-9-18-25)29(28)24-15-6-2-7-16-24/h1-21H. The van der Waals surface area contributed by atoms with Gasteiger partial charge in [-0.2, -0.15) is 0 Å². The van der Waals surface area contributed by atoms with Crippen molar-refractivity contribution in [1.29, 1.82) is 0 Å². The van der Waals surface area contributed by atoms with E-state index < -0.39 is 0 Å². The van der Waals surface area contributed by atoms with Crippen LogP contribution < -0.4 is 0 Å². The van der Waals surface area contributed by atoms with E-state index in [0.717, 1.165) is 16.8 Å². The van der Waals surface area contributed by atoms with Crippen LogP contribution >= 0.6 is 0 Å². The molecule has 1 aromatic heterocycles. The van der Waals surface area contributed by atoms with E-state index >= 15 is 0 Å². The first-order chi connectivity index (χ1) is 15.9. The van der Waals surface area contributed by atoms with Crippen LogP contribution in [0.4, 0.5) is 0 Å². The second-order valence-electron chi connectivity index (χ2n) is 7.99. The minimum Gasteiger partial charge on any atom is -0.246 e. The number of nitrogens with zero attached hydrogens (tertiary/aromatic N) is 1. The van der Waals surface area contributed by atoms with Crippen LogP contribution in [0, 0.1) is 0 Å². The van der Waals surface area contributed by atoms with Crippen molar-refractivity contribution in [2.75, 3.05) is 0 Å². The highest BCUT2D eigenvalue weighted by molar-refractivity contribution is 6.15. The van der Waals surface area contributed by atoms with Gasteiger partial charge in [-0.3, -0.25) is 0 Å². The Kier molecular flexibility index (Phi) is 4.51. The Labute approximate surface area is 187 Å². The van der Waals surface area contributed by atoms with Crippen molar-refractivity contribution < 1.29 is 0 Å². The lowest BCUT2D eigenvalue weighted by atomic mass is 9.87. The normalized spacial score (nSPS) is 11.1. The smallest absolute Gasteiger partial charge is 0.0794 e. The minimum atomic E-state index is 1.01. The number of rotatable bonds is 3. The molecule has 0 bridgehead atoms. The van der Waals surface area contributed by atoms with Crippen molar-refractivity contribution in [3.8, 4) is 33.5 Å². The van der Waals surface area contributed by atoms with Gasteiger partial charge < -0.3 is 0 Å². The number of pyridine rings is 1. The zero-order valence-electron chi connectivity index (χ0n) is 17.6. The number of benzene rings is 5. The van der Waals surface area contributed by atoms with Crippen LogP contribution in [0.3, 0.4) is 0 Å². The van der Waals surface area contributed by atoms with Gasteiger partial charge in [-0.05, 0) is 16.5 Å². The molecule has 0 saturated heterocycles. The molecule has 0 aliphatic rings. The molecule has 6 aromatic rings. The van der Waals surface area contributed by atoms with Gasteiger partial charge in [-0.25, -0.2) is 4.98 Å². The lowest BCUT2D eigenvalue weighted by Crippen LogP contribution is -1.97. The fraction of sp³-hybridized carbons (Fsp3) is 0. The molecule has 0 aliphatic heterocycles. The number of fused-ring (bicyclic) bond motifs is 3. The summed E-state index contributed by atoms with van der Waals surface area (Å²) in [6.07, 6.45) is 0. The largest absolute Gasteiger partial charge is 0.246 e. The Balaban J connectivity index is 1.86. The molecule has 0 aliphatic carbocycles. The third-order valence-corrected chi connectivity index (χ3v) is 6.05. The first-order valence-corrected chi connectivity index (χ1v) is 10.9. The van der Waals surface area contributed by atoms with E-state index in [0.29, 0.717) is 0 Å². The van der Waals surface area contributed by atoms with Gasteiger partial charge in [0.25, 0.3) is 0 Å². The Morgan fingerprint density at radius 1 is 0.375 bits per heavy atom. The Morgan fingerprint density at radius 3 is 1.56 bits per heavy atom. The van der Waals surface area contributed by atoms with Gasteiger partial charge in [0, 0.05) is 27.5 Å². The molecule has 0 radical (unpaired) electrons. The van der Waals surface area contributed by atoms with Gasteiger partial charge in [0.2, 0.25) is 0 Å². The molecule has 1 heteroatoms. The van der Waals surface area contributed by atoms with Crippen LogP contribution in [-0.2, 0) is 0 Å². The van der Waals surface area contributed by atoms with Crippen molar-refractivity contribution in [3.63, 3.8) is 0 Å². The van der Waals surface area contributed by atoms with Gasteiger partial charge in [0.05, 0.1) is 11.2 Å². The number of hydrogen-bond acceptors (Lipinski definition) is 1. The Bertz CT molecular complexity index is 1540. The summed E-state index contributed by atoms with van der Waals surface area (Å²) in [4.78, 5) is 5.34. The van der Waals surface area contributed by atoms with E-state index in [1.807, 2.05) is 0 Å². The quantitative estimate of drug-likeness (QED) is 0.268. The molecule has 0 fully saturated rings. The molecule has 0 spiro atoms. The van der Waals surface area contributed by atoms with E-state index in [1.165, 1.54) is 38.4 Å². The maximum absolute atomic E-state index is 5.34. The third kappa shape index (κ3) is 3.07. The monoisotopic (exact) mass is 407 g/mol. The number of hydrogen-bond donors (Lipinski definition) is 0. The first-order valence-electron chi connectivity index (χ1n) is 10.9. The average Bonchev–Trinajstić information content (AvgIpc) is 2.89. The molecule has 32 heavy (non-hydrogen) atoms. The maximum Gasteiger partial charge on any atom is 0.0794 e. The van der Waals surface area contributed by atoms with Crippen LogP contribution in [0.5, 0.6) is 0 Å². The van der Waals surface area contributed by atoms with Crippen LogP contribution in [0.15, 0.2) is 127 Å². The molecule has 150 valence electrons. The predicted molar refractivity (Wildman–Crippen MR) is 136 cm³/mol. The Hall–Kier alpha value is -4.23. The lowest BCUT2D eigenvalue weighted by Gasteiger charge is -2.19. The fourth-order valence-corrected chi connectivity index (χ4v) is 4.59. The summed E-state index contributed by atoms with van der Waals surface area (Å²) in [5, 5.41) is 3.56. The van der Waals surface area contributed by atoms with E-state index in [1.54, 1.807) is 0 Å². The fourth-order valence-electron chi connectivity index (χ4n) is 4.59. The summed E-state index contributed by atoms with van der Waals surface area (Å²) in [5.74, 6) is 0. The maximum atomic E-state index is 5.34. The summed E-state index contributed by atoms with van der Waals surface area (Å²) in [5.41, 5.74) is 7.95. The molecule has 0 atom stereocenters. The minimum absolute atomic E-state index is 1.01. The molecule has 0 saturated carbocycles. The zero-order chi connectivity index (χ0) is 21.3. The van der Waals surface area contributed by atoms with Crippen LogP contribution in [0.25, 0.3) is 55.2 Å². The van der Waals surface area contributed by atoms with Crippen molar-refractivity contribution in [2.45, 2.75) is 0 Å². The molecular formula is C31H21N. The molecule has 5 aromatic carbocycles. The van der Waals surface area contributed by atoms with Crippen LogP contribution in [0.2, 0.25) is 0 Å². The van der Waals surface area contributed by atoms with Gasteiger partial charge in [0.15, 0.2) is 0 Å². The topological polar surface area (TPSA) is 12.9 Å². The molecule has 1 heterocycles. The zero-order valence-corrected chi connectivity index (χ0v) is 17.6. The second kappa shape index (κ2) is 7.79. The summed E-state index contributed by atoms with van der Waals surface area (Å²) in [6, 6.07) is 44.8. The van der Waals surface area contributed by atoms with Gasteiger partial charge >= 0.3 is 0 Å². The molecule has 1 nitrogen and oxygen atoms in total. The van der Waals surface area contributed by atoms with Gasteiger partial charge in [-0.15, -0.1) is 0 Å². The predicted octanol–water partition coefficient (Wildman–Crippen LogP) is 8.39. The highest BCUT2D eigenvalue weighted by Gasteiger charge is 2.20. The molecule has 0 N–H and O–H groups in total. The third-order valence-electron chi connectivity index (χ3n) is 6.05. The van der Waals surface area contributed by atoms with E-state index in [2.05, 4.69) is 127 Å². The van der Waals surface area contributed by atoms with Gasteiger partial charge in [0.1, 0.15) is 0 Å². The highest BCUT2D eigenvalue weighted by atomic mass is 14.7. The summed E-state index contributed by atoms with van der Waals surface area (Å²) < 4.78 is 0. The second-order valence-corrected chi connectivity index (χ2v) is 7.99. The molecule has 6 rings (SSSR count). The lowest BCUT2D eigenvalue weighted by molar-refractivity contribution is 1.40.